The molecule has 0 N–H and O–H groups in total. The lowest BCUT2D eigenvalue weighted by atomic mass is 10.1. The maximum Gasteiger partial charge on any atom is 0.242 e. The van der Waals surface area contributed by atoms with E-state index in [1.165, 1.54) is 0 Å². The van der Waals surface area contributed by atoms with Gasteiger partial charge in [-0.2, -0.15) is 0 Å². The first-order valence-electron chi connectivity index (χ1n) is 8.86. The van der Waals surface area contributed by atoms with E-state index in [0.29, 0.717) is 16.7 Å². The second kappa shape index (κ2) is 6.03. The fraction of sp³-hybridized carbons (Fsp3) is 0.333. The highest BCUT2D eigenvalue weighted by Gasteiger charge is 2.30. The van der Waals surface area contributed by atoms with Gasteiger partial charge in [-0.1, -0.05) is 31.2 Å². The van der Waals surface area contributed by atoms with Crippen LogP contribution in [0.2, 0.25) is 0 Å². The van der Waals surface area contributed by atoms with E-state index in [-0.39, 0.29) is 23.9 Å². The molecule has 0 radical (unpaired) electrons. The Morgan fingerprint density at radius 3 is 2.08 bits per heavy atom. The summed E-state index contributed by atoms with van der Waals surface area (Å²) in [5.41, 5.74) is 1.66. The molecule has 0 saturated carbocycles. The minimum absolute atomic E-state index is 0.0260. The third kappa shape index (κ3) is 2.62. The number of para-hydroxylation sites is 2. The topological polar surface area (TPSA) is 42.3 Å². The number of fused-ring (bicyclic) bond motifs is 2. The standard InChI is InChI=1S/C21H22N2O2/c1-14-11-15(2)22(12-14)20(24)13-23-18-9-5-3-7-16(18)21(25)17-8-4-6-10-19(17)23/h3-10,14-15H,11-13H2,1-2H3/t14-,15+/m1/s1. The van der Waals surface area contributed by atoms with Crippen molar-refractivity contribution in [1.82, 2.24) is 9.47 Å². The van der Waals surface area contributed by atoms with Crippen LogP contribution in [-0.2, 0) is 11.3 Å². The Morgan fingerprint density at radius 2 is 1.56 bits per heavy atom. The van der Waals surface area contributed by atoms with Crippen molar-refractivity contribution in [2.24, 2.45) is 5.92 Å². The Labute approximate surface area is 146 Å². The summed E-state index contributed by atoms with van der Waals surface area (Å²) in [4.78, 5) is 27.7. The van der Waals surface area contributed by atoms with E-state index in [2.05, 4.69) is 13.8 Å². The number of carbonyl (C=O) groups excluding carboxylic acids is 1. The maximum absolute atomic E-state index is 13.0. The molecule has 2 atom stereocenters. The van der Waals surface area contributed by atoms with Crippen LogP contribution in [0.1, 0.15) is 20.3 Å². The SMILES string of the molecule is C[C@@H]1C[C@H](C)N(C(=O)Cn2c3ccccc3c(=O)c3ccccc32)C1. The van der Waals surface area contributed by atoms with E-state index in [9.17, 15) is 9.59 Å². The van der Waals surface area contributed by atoms with Crippen LogP contribution in [0.25, 0.3) is 21.8 Å². The lowest BCUT2D eigenvalue weighted by molar-refractivity contribution is -0.132. The van der Waals surface area contributed by atoms with Gasteiger partial charge in [0.15, 0.2) is 5.43 Å². The Bertz CT molecular complexity index is 961. The highest BCUT2D eigenvalue weighted by Crippen LogP contribution is 2.24. The molecule has 1 aromatic heterocycles. The molecule has 4 nitrogen and oxygen atoms in total. The highest BCUT2D eigenvalue weighted by atomic mass is 16.2. The number of pyridine rings is 1. The summed E-state index contributed by atoms with van der Waals surface area (Å²) >= 11 is 0. The predicted molar refractivity (Wildman–Crippen MR) is 101 cm³/mol. The molecule has 4 rings (SSSR count). The van der Waals surface area contributed by atoms with Crippen LogP contribution in [-0.4, -0.2) is 28.0 Å². The molecular formula is C21H22N2O2. The van der Waals surface area contributed by atoms with Crippen LogP contribution in [0.3, 0.4) is 0 Å². The van der Waals surface area contributed by atoms with Crippen molar-refractivity contribution in [1.29, 1.82) is 0 Å². The number of amides is 1. The maximum atomic E-state index is 13.0. The van der Waals surface area contributed by atoms with E-state index < -0.39 is 0 Å². The number of benzene rings is 2. The Morgan fingerprint density at radius 1 is 1.00 bits per heavy atom. The van der Waals surface area contributed by atoms with Gasteiger partial charge in [0.05, 0.1) is 11.0 Å². The van der Waals surface area contributed by atoms with Crippen molar-refractivity contribution < 1.29 is 4.79 Å². The van der Waals surface area contributed by atoms with Crippen LogP contribution in [0, 0.1) is 5.92 Å². The van der Waals surface area contributed by atoms with Crippen molar-refractivity contribution in [3.05, 3.63) is 58.8 Å². The molecule has 4 heteroatoms. The van der Waals surface area contributed by atoms with Gasteiger partial charge in [-0.25, -0.2) is 0 Å². The normalized spacial score (nSPS) is 20.5. The molecule has 25 heavy (non-hydrogen) atoms. The predicted octanol–water partition coefficient (Wildman–Crippen LogP) is 3.41. The van der Waals surface area contributed by atoms with E-state index >= 15 is 0 Å². The van der Waals surface area contributed by atoms with Gasteiger partial charge in [0.2, 0.25) is 5.91 Å². The third-order valence-corrected chi connectivity index (χ3v) is 5.28. The molecule has 1 aliphatic heterocycles. The van der Waals surface area contributed by atoms with Gasteiger partial charge in [0, 0.05) is 23.4 Å². The van der Waals surface area contributed by atoms with E-state index in [4.69, 9.17) is 0 Å². The number of likely N-dealkylation sites (tertiary alicyclic amines) is 1. The summed E-state index contributed by atoms with van der Waals surface area (Å²) in [5, 5.41) is 1.33. The average molecular weight is 334 g/mol. The fourth-order valence-electron chi connectivity index (χ4n) is 4.12. The molecule has 2 heterocycles. The van der Waals surface area contributed by atoms with Crippen molar-refractivity contribution in [3.8, 4) is 0 Å². The average Bonchev–Trinajstić information content (AvgIpc) is 2.97. The van der Waals surface area contributed by atoms with Crippen molar-refractivity contribution in [2.45, 2.75) is 32.9 Å². The fourth-order valence-corrected chi connectivity index (χ4v) is 4.12. The smallest absolute Gasteiger partial charge is 0.242 e. The zero-order valence-electron chi connectivity index (χ0n) is 14.6. The molecule has 2 aromatic carbocycles. The van der Waals surface area contributed by atoms with E-state index in [1.54, 1.807) is 0 Å². The number of carbonyl (C=O) groups is 1. The largest absolute Gasteiger partial charge is 0.338 e. The molecule has 1 saturated heterocycles. The molecule has 1 fully saturated rings. The quantitative estimate of drug-likeness (QED) is 0.674. The van der Waals surface area contributed by atoms with Crippen LogP contribution in [0.15, 0.2) is 53.3 Å². The van der Waals surface area contributed by atoms with E-state index in [0.717, 1.165) is 24.0 Å². The van der Waals surface area contributed by atoms with Gasteiger partial charge in [0.1, 0.15) is 6.54 Å². The molecule has 1 aliphatic rings. The number of aromatic nitrogens is 1. The van der Waals surface area contributed by atoms with Crippen molar-refractivity contribution >= 4 is 27.7 Å². The lowest BCUT2D eigenvalue weighted by Gasteiger charge is -2.23. The molecular weight excluding hydrogens is 312 g/mol. The first-order chi connectivity index (χ1) is 12.1. The molecule has 128 valence electrons. The van der Waals surface area contributed by atoms with Gasteiger partial charge < -0.3 is 9.47 Å². The molecule has 3 aromatic rings. The van der Waals surface area contributed by atoms with Gasteiger partial charge in [-0.15, -0.1) is 0 Å². The minimum Gasteiger partial charge on any atom is -0.338 e. The number of nitrogens with zero attached hydrogens (tertiary/aromatic N) is 2. The van der Waals surface area contributed by atoms with Crippen molar-refractivity contribution in [3.63, 3.8) is 0 Å². The zero-order valence-corrected chi connectivity index (χ0v) is 14.6. The second-order valence-corrected chi connectivity index (χ2v) is 7.19. The molecule has 0 unspecified atom stereocenters. The van der Waals surface area contributed by atoms with E-state index in [1.807, 2.05) is 58.0 Å². The van der Waals surface area contributed by atoms with Gasteiger partial charge in [-0.3, -0.25) is 9.59 Å². The Kier molecular flexibility index (Phi) is 3.83. The first-order valence-corrected chi connectivity index (χ1v) is 8.86. The van der Waals surface area contributed by atoms with Crippen LogP contribution in [0.5, 0.6) is 0 Å². The zero-order chi connectivity index (χ0) is 17.6. The number of hydrogen-bond acceptors (Lipinski definition) is 2. The molecule has 0 aliphatic carbocycles. The minimum atomic E-state index is 0.0260. The second-order valence-electron chi connectivity index (χ2n) is 7.19. The number of hydrogen-bond donors (Lipinski definition) is 0. The van der Waals surface area contributed by atoms with Crippen molar-refractivity contribution in [2.75, 3.05) is 6.54 Å². The lowest BCUT2D eigenvalue weighted by Crippen LogP contribution is -2.36. The Hall–Kier alpha value is -2.62. The first kappa shape index (κ1) is 15.9. The molecule has 0 bridgehead atoms. The van der Waals surface area contributed by atoms with Gasteiger partial charge >= 0.3 is 0 Å². The third-order valence-electron chi connectivity index (χ3n) is 5.28. The molecule has 0 spiro atoms. The van der Waals surface area contributed by atoms with Crippen LogP contribution >= 0.6 is 0 Å². The highest BCUT2D eigenvalue weighted by molar-refractivity contribution is 5.94. The summed E-state index contributed by atoms with van der Waals surface area (Å²) in [5.74, 6) is 0.664. The monoisotopic (exact) mass is 334 g/mol. The summed E-state index contributed by atoms with van der Waals surface area (Å²) < 4.78 is 1.99. The molecule has 1 amide bonds. The summed E-state index contributed by atoms with van der Waals surface area (Å²) in [6.45, 7) is 5.38. The summed E-state index contributed by atoms with van der Waals surface area (Å²) in [6.07, 6.45) is 1.05. The summed E-state index contributed by atoms with van der Waals surface area (Å²) in [7, 11) is 0. The summed E-state index contributed by atoms with van der Waals surface area (Å²) in [6, 6.07) is 15.4. The van der Waals surface area contributed by atoms with Crippen LogP contribution < -0.4 is 5.43 Å². The Balaban J connectivity index is 1.87. The van der Waals surface area contributed by atoms with Gasteiger partial charge in [-0.05, 0) is 43.5 Å². The van der Waals surface area contributed by atoms with Crippen LogP contribution in [0.4, 0.5) is 0 Å². The number of rotatable bonds is 2. The van der Waals surface area contributed by atoms with Gasteiger partial charge in [0.25, 0.3) is 0 Å².